The van der Waals surface area contributed by atoms with Crippen LogP contribution in [0.5, 0.6) is 0 Å². The highest BCUT2D eigenvalue weighted by atomic mass is 15.2. The standard InChI is InChI=1S/C15H22N2/c1-16-15-13-8-4-3-7-12(13)11-14(15)17-9-5-2-6-10-17/h3-4,7-8,14-16H,2,5-6,9-11H2,1H3. The molecule has 2 nitrogen and oxygen atoms in total. The number of hydrogen-bond donors (Lipinski definition) is 1. The van der Waals surface area contributed by atoms with Crippen LogP contribution >= 0.6 is 0 Å². The Morgan fingerprint density at radius 3 is 2.65 bits per heavy atom. The summed E-state index contributed by atoms with van der Waals surface area (Å²) < 4.78 is 0. The van der Waals surface area contributed by atoms with Crippen LogP contribution in [-0.4, -0.2) is 31.1 Å². The Bertz CT molecular complexity index is 382. The molecule has 1 aliphatic heterocycles. The molecule has 1 fully saturated rings. The van der Waals surface area contributed by atoms with Crippen LogP contribution in [-0.2, 0) is 6.42 Å². The number of nitrogens with zero attached hydrogens (tertiary/aromatic N) is 1. The van der Waals surface area contributed by atoms with Crippen molar-refractivity contribution < 1.29 is 0 Å². The maximum Gasteiger partial charge on any atom is 0.0481 e. The highest BCUT2D eigenvalue weighted by molar-refractivity contribution is 5.37. The van der Waals surface area contributed by atoms with Crippen LogP contribution in [0.25, 0.3) is 0 Å². The van der Waals surface area contributed by atoms with Gasteiger partial charge >= 0.3 is 0 Å². The molecule has 2 atom stereocenters. The summed E-state index contributed by atoms with van der Waals surface area (Å²) in [5, 5.41) is 3.53. The van der Waals surface area contributed by atoms with E-state index in [1.54, 1.807) is 5.56 Å². The minimum Gasteiger partial charge on any atom is -0.312 e. The predicted molar refractivity (Wildman–Crippen MR) is 71.2 cm³/mol. The highest BCUT2D eigenvalue weighted by Gasteiger charge is 2.35. The fourth-order valence-electron chi connectivity index (χ4n) is 3.51. The van der Waals surface area contributed by atoms with Gasteiger partial charge in [-0.2, -0.15) is 0 Å². The molecule has 3 rings (SSSR count). The van der Waals surface area contributed by atoms with E-state index in [2.05, 4.69) is 41.5 Å². The summed E-state index contributed by atoms with van der Waals surface area (Å²) in [6.07, 6.45) is 5.40. The third-order valence-corrected chi connectivity index (χ3v) is 4.37. The summed E-state index contributed by atoms with van der Waals surface area (Å²) in [6, 6.07) is 10.1. The first-order chi connectivity index (χ1) is 8.40. The molecule has 0 saturated carbocycles. The highest BCUT2D eigenvalue weighted by Crippen LogP contribution is 2.35. The molecule has 0 amide bonds. The van der Waals surface area contributed by atoms with Gasteiger partial charge in [0.05, 0.1) is 0 Å². The zero-order valence-electron chi connectivity index (χ0n) is 10.7. The van der Waals surface area contributed by atoms with Crippen molar-refractivity contribution >= 4 is 0 Å². The fourth-order valence-corrected chi connectivity index (χ4v) is 3.51. The van der Waals surface area contributed by atoms with E-state index < -0.39 is 0 Å². The van der Waals surface area contributed by atoms with Crippen molar-refractivity contribution in [1.29, 1.82) is 0 Å². The average Bonchev–Trinajstić information content (AvgIpc) is 2.78. The number of likely N-dealkylation sites (tertiary alicyclic amines) is 1. The van der Waals surface area contributed by atoms with Crippen molar-refractivity contribution in [2.75, 3.05) is 20.1 Å². The zero-order valence-corrected chi connectivity index (χ0v) is 10.7. The number of nitrogens with one attached hydrogen (secondary N) is 1. The molecule has 92 valence electrons. The first-order valence-corrected chi connectivity index (χ1v) is 6.89. The monoisotopic (exact) mass is 230 g/mol. The predicted octanol–water partition coefficient (Wildman–Crippen LogP) is 2.36. The quantitative estimate of drug-likeness (QED) is 0.839. The topological polar surface area (TPSA) is 15.3 Å². The Labute approximate surface area is 104 Å². The second kappa shape index (κ2) is 4.79. The van der Waals surface area contributed by atoms with Gasteiger partial charge < -0.3 is 5.32 Å². The Morgan fingerprint density at radius 1 is 1.12 bits per heavy atom. The van der Waals surface area contributed by atoms with Crippen molar-refractivity contribution in [3.8, 4) is 0 Å². The number of likely N-dealkylation sites (N-methyl/N-ethyl adjacent to an activating group) is 1. The lowest BCUT2D eigenvalue weighted by molar-refractivity contribution is 0.141. The molecule has 2 heteroatoms. The molecular weight excluding hydrogens is 208 g/mol. The van der Waals surface area contributed by atoms with Gasteiger partial charge in [-0.1, -0.05) is 30.7 Å². The van der Waals surface area contributed by atoms with Gasteiger partial charge in [-0.05, 0) is 50.5 Å². The molecule has 1 N–H and O–H groups in total. The summed E-state index contributed by atoms with van der Waals surface area (Å²) in [5.74, 6) is 0. The van der Waals surface area contributed by atoms with Gasteiger partial charge in [-0.15, -0.1) is 0 Å². The van der Waals surface area contributed by atoms with Crippen molar-refractivity contribution in [1.82, 2.24) is 10.2 Å². The molecule has 1 aromatic carbocycles. The molecule has 0 radical (unpaired) electrons. The molecule has 0 bridgehead atoms. The van der Waals surface area contributed by atoms with Crippen LogP contribution in [0.1, 0.15) is 36.4 Å². The van der Waals surface area contributed by atoms with Gasteiger partial charge in [0.2, 0.25) is 0 Å². The van der Waals surface area contributed by atoms with E-state index in [1.807, 2.05) is 0 Å². The molecule has 1 heterocycles. The lowest BCUT2D eigenvalue weighted by Crippen LogP contribution is -2.44. The lowest BCUT2D eigenvalue weighted by Gasteiger charge is -2.35. The van der Waals surface area contributed by atoms with Crippen LogP contribution in [0, 0.1) is 0 Å². The molecule has 1 saturated heterocycles. The second-order valence-corrected chi connectivity index (χ2v) is 5.33. The Morgan fingerprint density at radius 2 is 1.88 bits per heavy atom. The van der Waals surface area contributed by atoms with Crippen LogP contribution in [0.3, 0.4) is 0 Å². The van der Waals surface area contributed by atoms with E-state index in [-0.39, 0.29) is 0 Å². The van der Waals surface area contributed by atoms with E-state index in [9.17, 15) is 0 Å². The largest absolute Gasteiger partial charge is 0.312 e. The number of benzene rings is 1. The SMILES string of the molecule is CNC1c2ccccc2CC1N1CCCCC1. The van der Waals surface area contributed by atoms with Crippen LogP contribution < -0.4 is 5.32 Å². The van der Waals surface area contributed by atoms with Gasteiger partial charge in [0.1, 0.15) is 0 Å². The van der Waals surface area contributed by atoms with Crippen LogP contribution in [0.2, 0.25) is 0 Å². The van der Waals surface area contributed by atoms with E-state index in [0.29, 0.717) is 12.1 Å². The van der Waals surface area contributed by atoms with Gasteiger partial charge in [0, 0.05) is 12.1 Å². The first kappa shape index (κ1) is 11.2. The number of fused-ring (bicyclic) bond motifs is 1. The molecule has 1 aliphatic carbocycles. The third-order valence-electron chi connectivity index (χ3n) is 4.37. The minimum atomic E-state index is 0.532. The average molecular weight is 230 g/mol. The molecule has 17 heavy (non-hydrogen) atoms. The summed E-state index contributed by atoms with van der Waals surface area (Å²) >= 11 is 0. The maximum absolute atomic E-state index is 3.53. The second-order valence-electron chi connectivity index (χ2n) is 5.33. The normalized spacial score (nSPS) is 29.2. The van der Waals surface area contributed by atoms with Crippen molar-refractivity contribution in [3.63, 3.8) is 0 Å². The Balaban J connectivity index is 1.83. The van der Waals surface area contributed by atoms with E-state index >= 15 is 0 Å². The summed E-state index contributed by atoms with van der Waals surface area (Å²) in [4.78, 5) is 2.70. The van der Waals surface area contributed by atoms with Gasteiger partial charge in [0.25, 0.3) is 0 Å². The van der Waals surface area contributed by atoms with Gasteiger partial charge in [-0.3, -0.25) is 4.90 Å². The summed E-state index contributed by atoms with van der Waals surface area (Å²) in [5.41, 5.74) is 3.06. The summed E-state index contributed by atoms with van der Waals surface area (Å²) in [7, 11) is 2.10. The van der Waals surface area contributed by atoms with E-state index in [1.165, 1.54) is 44.3 Å². The third kappa shape index (κ3) is 2.00. The van der Waals surface area contributed by atoms with Gasteiger partial charge in [0.15, 0.2) is 0 Å². The molecule has 2 aliphatic rings. The molecule has 2 unspecified atom stereocenters. The summed E-state index contributed by atoms with van der Waals surface area (Å²) in [6.45, 7) is 2.58. The van der Waals surface area contributed by atoms with Crippen LogP contribution in [0.15, 0.2) is 24.3 Å². The van der Waals surface area contributed by atoms with Crippen molar-refractivity contribution in [2.24, 2.45) is 0 Å². The molecule has 0 spiro atoms. The van der Waals surface area contributed by atoms with E-state index in [0.717, 1.165) is 0 Å². The van der Waals surface area contributed by atoms with Gasteiger partial charge in [-0.25, -0.2) is 0 Å². The maximum atomic E-state index is 3.53. The number of rotatable bonds is 2. The van der Waals surface area contributed by atoms with E-state index in [4.69, 9.17) is 0 Å². The lowest BCUT2D eigenvalue weighted by atomic mass is 10.0. The first-order valence-electron chi connectivity index (χ1n) is 6.89. The zero-order chi connectivity index (χ0) is 11.7. The van der Waals surface area contributed by atoms with Crippen molar-refractivity contribution in [2.45, 2.75) is 37.8 Å². The molecular formula is C15H22N2. The Hall–Kier alpha value is -0.860. The smallest absolute Gasteiger partial charge is 0.0481 e. The Kier molecular flexibility index (Phi) is 3.17. The number of piperidine rings is 1. The minimum absolute atomic E-state index is 0.532. The fraction of sp³-hybridized carbons (Fsp3) is 0.600. The number of hydrogen-bond acceptors (Lipinski definition) is 2. The molecule has 1 aromatic rings. The molecule has 0 aromatic heterocycles. The van der Waals surface area contributed by atoms with Crippen LogP contribution in [0.4, 0.5) is 0 Å². The van der Waals surface area contributed by atoms with Crippen molar-refractivity contribution in [3.05, 3.63) is 35.4 Å².